The van der Waals surface area contributed by atoms with E-state index >= 15 is 0 Å². The van der Waals surface area contributed by atoms with Crippen molar-refractivity contribution < 1.29 is 13.2 Å². The van der Waals surface area contributed by atoms with Crippen molar-refractivity contribution in [3.05, 3.63) is 58.7 Å². The lowest BCUT2D eigenvalue weighted by Gasteiger charge is -2.10. The first kappa shape index (κ1) is 15.1. The van der Waals surface area contributed by atoms with Gasteiger partial charge in [0.05, 0.1) is 23.5 Å². The van der Waals surface area contributed by atoms with Gasteiger partial charge in [0.25, 0.3) is 10.0 Å². The number of hydrogen-bond acceptors (Lipinski definition) is 4. The fourth-order valence-corrected chi connectivity index (χ4v) is 4.16. The molecule has 3 rings (SSSR count). The predicted octanol–water partition coefficient (Wildman–Crippen LogP) is 3.19. The van der Waals surface area contributed by atoms with Crippen molar-refractivity contribution in [3.63, 3.8) is 0 Å². The van der Waals surface area contributed by atoms with Crippen LogP contribution in [0.1, 0.15) is 5.56 Å². The van der Waals surface area contributed by atoms with Gasteiger partial charge in [-0.2, -0.15) is 9.19 Å². The minimum Gasteiger partial charge on any atom is -0.493 e. The van der Waals surface area contributed by atoms with Crippen LogP contribution in [0.4, 0.5) is 0 Å². The summed E-state index contributed by atoms with van der Waals surface area (Å²) in [5, 5.41) is 4.75. The Bertz CT molecular complexity index is 921. The molecule has 2 aromatic carbocycles. The molecule has 5 nitrogen and oxygen atoms in total. The van der Waals surface area contributed by atoms with E-state index in [1.54, 1.807) is 24.3 Å². The van der Waals surface area contributed by atoms with Crippen LogP contribution in [-0.4, -0.2) is 24.7 Å². The Morgan fingerprint density at radius 3 is 2.59 bits per heavy atom. The van der Waals surface area contributed by atoms with Crippen molar-refractivity contribution in [1.82, 2.24) is 9.19 Å². The molecule has 0 aliphatic carbocycles. The highest BCUT2D eigenvalue weighted by molar-refractivity contribution is 9.10. The van der Waals surface area contributed by atoms with Crippen LogP contribution in [-0.2, 0) is 15.8 Å². The lowest BCUT2D eigenvalue weighted by molar-refractivity contribution is 0.415. The van der Waals surface area contributed by atoms with Crippen molar-refractivity contribution in [3.8, 4) is 5.75 Å². The average molecular weight is 381 g/mol. The maximum Gasteiger partial charge on any atom is 0.258 e. The molecule has 3 aromatic rings. The lowest BCUT2D eigenvalue weighted by Crippen LogP contribution is -2.16. The zero-order valence-electron chi connectivity index (χ0n) is 11.7. The molecule has 0 aliphatic rings. The van der Waals surface area contributed by atoms with E-state index in [-0.39, 0.29) is 5.75 Å². The summed E-state index contributed by atoms with van der Waals surface area (Å²) in [6.45, 7) is 0. The van der Waals surface area contributed by atoms with Crippen molar-refractivity contribution in [2.24, 2.45) is 0 Å². The van der Waals surface area contributed by atoms with E-state index in [0.29, 0.717) is 26.7 Å². The van der Waals surface area contributed by atoms with E-state index in [9.17, 15) is 8.42 Å². The lowest BCUT2D eigenvalue weighted by atomic mass is 10.2. The van der Waals surface area contributed by atoms with E-state index < -0.39 is 10.0 Å². The maximum absolute atomic E-state index is 12.7. The third kappa shape index (κ3) is 2.62. The zero-order chi connectivity index (χ0) is 15.7. The van der Waals surface area contributed by atoms with E-state index in [2.05, 4.69) is 21.0 Å². The van der Waals surface area contributed by atoms with Gasteiger partial charge < -0.3 is 4.74 Å². The number of aromatic nitrogens is 2. The van der Waals surface area contributed by atoms with Gasteiger partial charge >= 0.3 is 0 Å². The number of rotatable bonds is 4. The van der Waals surface area contributed by atoms with Gasteiger partial charge in [0.2, 0.25) is 0 Å². The summed E-state index contributed by atoms with van der Waals surface area (Å²) in [4.78, 5) is 0. The monoisotopic (exact) mass is 380 g/mol. The standard InChI is InChI=1S/C15H13BrN2O3S/c1-21-15-13(16)8-7-12-9-17-18(14(12)15)22(19,20)10-11-5-3-2-4-6-11/h2-9H,10H2,1H3. The topological polar surface area (TPSA) is 61.2 Å². The summed E-state index contributed by atoms with van der Waals surface area (Å²) in [6.07, 6.45) is 1.52. The van der Waals surface area contributed by atoms with Crippen LogP contribution in [0.5, 0.6) is 5.75 Å². The van der Waals surface area contributed by atoms with Crippen LogP contribution in [0.25, 0.3) is 10.9 Å². The first-order chi connectivity index (χ1) is 10.5. The fourth-order valence-electron chi connectivity index (χ4n) is 2.29. The molecule has 0 saturated heterocycles. The summed E-state index contributed by atoms with van der Waals surface area (Å²) in [7, 11) is -2.14. The predicted molar refractivity (Wildman–Crippen MR) is 88.4 cm³/mol. The summed E-state index contributed by atoms with van der Waals surface area (Å²) in [5.74, 6) is 0.326. The number of benzene rings is 2. The zero-order valence-corrected chi connectivity index (χ0v) is 14.1. The molecule has 0 radical (unpaired) electrons. The molecule has 0 aliphatic heterocycles. The molecule has 7 heteroatoms. The molecule has 0 N–H and O–H groups in total. The van der Waals surface area contributed by atoms with Crippen LogP contribution in [0.2, 0.25) is 0 Å². The molecule has 1 aromatic heterocycles. The second-order valence-corrected chi connectivity index (χ2v) is 7.40. The van der Waals surface area contributed by atoms with E-state index in [1.165, 1.54) is 13.3 Å². The number of halogens is 1. The van der Waals surface area contributed by atoms with Gasteiger partial charge in [0.15, 0.2) is 5.75 Å². The maximum atomic E-state index is 12.7. The third-order valence-corrected chi connectivity index (χ3v) is 5.39. The summed E-state index contributed by atoms with van der Waals surface area (Å²) in [5.41, 5.74) is 1.15. The minimum atomic E-state index is -3.64. The van der Waals surface area contributed by atoms with Gasteiger partial charge in [-0.3, -0.25) is 0 Å². The Hall–Kier alpha value is -1.86. The normalized spacial score (nSPS) is 11.7. The van der Waals surface area contributed by atoms with Gasteiger partial charge in [-0.1, -0.05) is 30.3 Å². The van der Waals surface area contributed by atoms with Crippen LogP contribution < -0.4 is 4.74 Å². The Labute approximate surface area is 136 Å². The fraction of sp³-hybridized carbons (Fsp3) is 0.133. The van der Waals surface area contributed by atoms with Gasteiger partial charge in [0, 0.05) is 5.39 Å². The Morgan fingerprint density at radius 1 is 1.18 bits per heavy atom. The second-order valence-electron chi connectivity index (χ2n) is 4.75. The minimum absolute atomic E-state index is 0.125. The Balaban J connectivity index is 2.15. The molecule has 0 saturated carbocycles. The summed E-state index contributed by atoms with van der Waals surface area (Å²) >= 11 is 3.37. The smallest absolute Gasteiger partial charge is 0.258 e. The quantitative estimate of drug-likeness (QED) is 0.697. The second kappa shape index (κ2) is 5.73. The number of hydrogen-bond donors (Lipinski definition) is 0. The van der Waals surface area contributed by atoms with Gasteiger partial charge in [-0.05, 0) is 33.6 Å². The van der Waals surface area contributed by atoms with Gasteiger partial charge in [-0.15, -0.1) is 0 Å². The molecule has 1 heterocycles. The van der Waals surface area contributed by atoms with Crippen LogP contribution >= 0.6 is 15.9 Å². The van der Waals surface area contributed by atoms with Crippen molar-refractivity contribution >= 4 is 36.9 Å². The molecule has 0 spiro atoms. The van der Waals surface area contributed by atoms with E-state index in [1.807, 2.05) is 18.2 Å². The van der Waals surface area contributed by atoms with Crippen LogP contribution in [0.3, 0.4) is 0 Å². The number of methoxy groups -OCH3 is 1. The summed E-state index contributed by atoms with van der Waals surface area (Å²) in [6, 6.07) is 12.6. The van der Waals surface area contributed by atoms with Crippen molar-refractivity contribution in [2.45, 2.75) is 5.75 Å². The average Bonchev–Trinajstić information content (AvgIpc) is 2.92. The number of fused-ring (bicyclic) bond motifs is 1. The van der Waals surface area contributed by atoms with Crippen molar-refractivity contribution in [2.75, 3.05) is 7.11 Å². The number of ether oxygens (including phenoxy) is 1. The first-order valence-electron chi connectivity index (χ1n) is 6.50. The highest BCUT2D eigenvalue weighted by Crippen LogP contribution is 2.34. The molecule has 0 bridgehead atoms. The summed E-state index contributed by atoms with van der Waals surface area (Å²) < 4.78 is 32.4. The Kier molecular flexibility index (Phi) is 3.92. The highest BCUT2D eigenvalue weighted by Gasteiger charge is 2.22. The largest absolute Gasteiger partial charge is 0.493 e. The molecule has 22 heavy (non-hydrogen) atoms. The van der Waals surface area contributed by atoms with Gasteiger partial charge in [0.1, 0.15) is 5.52 Å². The third-order valence-electron chi connectivity index (χ3n) is 3.27. The van der Waals surface area contributed by atoms with Gasteiger partial charge in [-0.25, -0.2) is 8.42 Å². The van der Waals surface area contributed by atoms with E-state index in [4.69, 9.17) is 4.74 Å². The Morgan fingerprint density at radius 2 is 1.91 bits per heavy atom. The first-order valence-corrected chi connectivity index (χ1v) is 8.90. The number of nitrogens with zero attached hydrogens (tertiary/aromatic N) is 2. The molecule has 114 valence electrons. The molecule has 0 amide bonds. The molecular weight excluding hydrogens is 368 g/mol. The molecule has 0 unspecified atom stereocenters. The SMILES string of the molecule is COc1c(Br)ccc2cnn(S(=O)(=O)Cc3ccccc3)c12. The van der Waals surface area contributed by atoms with Crippen molar-refractivity contribution in [1.29, 1.82) is 0 Å². The molecule has 0 atom stereocenters. The van der Waals surface area contributed by atoms with Crippen LogP contribution in [0.15, 0.2) is 53.1 Å². The van der Waals surface area contributed by atoms with Crippen LogP contribution in [0, 0.1) is 0 Å². The highest BCUT2D eigenvalue weighted by atomic mass is 79.9. The molecule has 0 fully saturated rings. The van der Waals surface area contributed by atoms with E-state index in [0.717, 1.165) is 4.09 Å². The molecular formula is C15H13BrN2O3S.